The van der Waals surface area contributed by atoms with Gasteiger partial charge in [0.1, 0.15) is 5.75 Å². The Morgan fingerprint density at radius 1 is 1.13 bits per heavy atom. The fourth-order valence-electron chi connectivity index (χ4n) is 2.15. The van der Waals surface area contributed by atoms with E-state index in [0.717, 1.165) is 17.0 Å². The third kappa shape index (κ3) is 3.46. The maximum atomic E-state index is 12.4. The van der Waals surface area contributed by atoms with Crippen LogP contribution in [0.2, 0.25) is 0 Å². The molecule has 23 heavy (non-hydrogen) atoms. The Labute approximate surface area is 139 Å². The van der Waals surface area contributed by atoms with E-state index in [4.69, 9.17) is 4.74 Å². The second-order valence-electron chi connectivity index (χ2n) is 4.98. The lowest BCUT2D eigenvalue weighted by Crippen LogP contribution is -2.23. The van der Waals surface area contributed by atoms with Crippen molar-refractivity contribution in [2.45, 2.75) is 0 Å². The van der Waals surface area contributed by atoms with Gasteiger partial charge < -0.3 is 4.74 Å². The van der Waals surface area contributed by atoms with Gasteiger partial charge in [-0.2, -0.15) is 0 Å². The van der Waals surface area contributed by atoms with E-state index in [1.807, 2.05) is 60.7 Å². The van der Waals surface area contributed by atoms with Crippen LogP contribution >= 0.6 is 11.8 Å². The van der Waals surface area contributed by atoms with Crippen molar-refractivity contribution < 1.29 is 9.53 Å². The van der Waals surface area contributed by atoms with Gasteiger partial charge in [-0.3, -0.25) is 9.69 Å². The summed E-state index contributed by atoms with van der Waals surface area (Å²) in [7, 11) is 3.36. The summed E-state index contributed by atoms with van der Waals surface area (Å²) in [6, 6.07) is 17.2. The van der Waals surface area contributed by atoms with Gasteiger partial charge in [0.15, 0.2) is 5.17 Å². The summed E-state index contributed by atoms with van der Waals surface area (Å²) >= 11 is 1.38. The van der Waals surface area contributed by atoms with Gasteiger partial charge in [-0.05, 0) is 47.7 Å². The van der Waals surface area contributed by atoms with Crippen molar-refractivity contribution in [2.75, 3.05) is 14.2 Å². The number of thioether (sulfide) groups is 1. The predicted molar refractivity (Wildman–Crippen MR) is 94.9 cm³/mol. The molecule has 116 valence electrons. The number of rotatable bonds is 3. The van der Waals surface area contributed by atoms with Crippen LogP contribution in [0.5, 0.6) is 5.75 Å². The summed E-state index contributed by atoms with van der Waals surface area (Å²) in [6.45, 7) is 0. The molecule has 0 radical (unpaired) electrons. The molecule has 0 unspecified atom stereocenters. The molecule has 0 bridgehead atoms. The van der Waals surface area contributed by atoms with Crippen LogP contribution in [0.15, 0.2) is 64.5 Å². The van der Waals surface area contributed by atoms with Gasteiger partial charge >= 0.3 is 0 Å². The topological polar surface area (TPSA) is 41.9 Å². The van der Waals surface area contributed by atoms with E-state index in [0.29, 0.717) is 10.1 Å². The van der Waals surface area contributed by atoms with E-state index in [2.05, 4.69) is 4.99 Å². The molecule has 1 fully saturated rings. The van der Waals surface area contributed by atoms with E-state index in [-0.39, 0.29) is 5.91 Å². The van der Waals surface area contributed by atoms with Crippen molar-refractivity contribution in [1.82, 2.24) is 4.90 Å². The lowest BCUT2D eigenvalue weighted by molar-refractivity contribution is -0.121. The molecular weight excluding hydrogens is 308 g/mol. The number of carbonyl (C=O) groups is 1. The maximum Gasteiger partial charge on any atom is 0.266 e. The number of para-hydroxylation sites is 1. The van der Waals surface area contributed by atoms with Crippen molar-refractivity contribution in [1.29, 1.82) is 0 Å². The molecule has 0 aliphatic carbocycles. The summed E-state index contributed by atoms with van der Waals surface area (Å²) in [4.78, 5) is 19.1. The van der Waals surface area contributed by atoms with Gasteiger partial charge in [-0.25, -0.2) is 4.99 Å². The normalized spacial score (nSPS) is 18.0. The van der Waals surface area contributed by atoms with Crippen molar-refractivity contribution >= 4 is 34.6 Å². The van der Waals surface area contributed by atoms with Crippen molar-refractivity contribution in [3.05, 3.63) is 65.1 Å². The summed E-state index contributed by atoms with van der Waals surface area (Å²) in [5.41, 5.74) is 1.76. The van der Waals surface area contributed by atoms with Crippen LogP contribution in [0.1, 0.15) is 5.56 Å². The zero-order valence-electron chi connectivity index (χ0n) is 12.9. The van der Waals surface area contributed by atoms with Crippen LogP contribution in [-0.2, 0) is 4.79 Å². The first-order valence-electron chi connectivity index (χ1n) is 7.13. The Hall–Kier alpha value is -2.53. The van der Waals surface area contributed by atoms with Crippen molar-refractivity contribution in [2.24, 2.45) is 4.99 Å². The average Bonchev–Trinajstić information content (AvgIpc) is 2.84. The summed E-state index contributed by atoms with van der Waals surface area (Å²) in [5, 5.41) is 0.676. The third-order valence-electron chi connectivity index (χ3n) is 3.38. The minimum atomic E-state index is -0.0486. The molecule has 1 heterocycles. The molecule has 0 saturated carbocycles. The number of hydrogen-bond acceptors (Lipinski definition) is 4. The number of methoxy groups -OCH3 is 1. The second kappa shape index (κ2) is 6.71. The first kappa shape index (κ1) is 15.4. The van der Waals surface area contributed by atoms with Crippen molar-refractivity contribution in [3.8, 4) is 5.75 Å². The smallest absolute Gasteiger partial charge is 0.266 e. The Morgan fingerprint density at radius 3 is 2.65 bits per heavy atom. The van der Waals surface area contributed by atoms with Crippen LogP contribution in [0, 0.1) is 0 Å². The van der Waals surface area contributed by atoms with Gasteiger partial charge in [0.2, 0.25) is 0 Å². The molecule has 1 saturated heterocycles. The predicted octanol–water partition coefficient (Wildman–Crippen LogP) is 3.93. The largest absolute Gasteiger partial charge is 0.497 e. The number of benzene rings is 2. The van der Waals surface area contributed by atoms with Gasteiger partial charge in [0.25, 0.3) is 5.91 Å². The molecule has 4 nitrogen and oxygen atoms in total. The fraction of sp³-hybridized carbons (Fsp3) is 0.111. The number of carbonyl (C=O) groups excluding carboxylic acids is 1. The molecule has 0 aromatic heterocycles. The quantitative estimate of drug-likeness (QED) is 0.803. The Kier molecular flexibility index (Phi) is 4.48. The summed E-state index contributed by atoms with van der Waals surface area (Å²) in [6.07, 6.45) is 1.86. The summed E-state index contributed by atoms with van der Waals surface area (Å²) in [5.74, 6) is 0.717. The minimum absolute atomic E-state index is 0.0486. The molecule has 2 aromatic carbocycles. The van der Waals surface area contributed by atoms with E-state index >= 15 is 0 Å². The second-order valence-corrected chi connectivity index (χ2v) is 5.99. The SMILES string of the molecule is COc1cccc(/C=C2/SC(=Nc3ccccc3)N(C)C2=O)c1. The zero-order chi connectivity index (χ0) is 16.2. The number of amidine groups is 1. The number of aliphatic imine (C=N–C) groups is 1. The number of likely N-dealkylation sites (N-methyl/N-ethyl adjacent to an activating group) is 1. The molecule has 1 amide bonds. The lowest BCUT2D eigenvalue weighted by atomic mass is 10.2. The van der Waals surface area contributed by atoms with Gasteiger partial charge in [0, 0.05) is 7.05 Å². The number of amides is 1. The molecule has 1 aliphatic rings. The molecule has 0 N–H and O–H groups in total. The number of nitrogens with zero attached hydrogens (tertiary/aromatic N) is 2. The van der Waals surface area contributed by atoms with Gasteiger partial charge in [-0.15, -0.1) is 0 Å². The summed E-state index contributed by atoms with van der Waals surface area (Å²) < 4.78 is 5.21. The van der Waals surface area contributed by atoms with Gasteiger partial charge in [0.05, 0.1) is 17.7 Å². The Bertz CT molecular complexity index is 785. The molecular formula is C18H16N2O2S. The Balaban J connectivity index is 1.89. The zero-order valence-corrected chi connectivity index (χ0v) is 13.7. The van der Waals surface area contributed by atoms with E-state index in [1.165, 1.54) is 11.8 Å². The molecule has 0 atom stereocenters. The average molecular weight is 324 g/mol. The number of ether oxygens (including phenoxy) is 1. The minimum Gasteiger partial charge on any atom is -0.497 e. The third-order valence-corrected chi connectivity index (χ3v) is 4.44. The van der Waals surface area contributed by atoms with Crippen LogP contribution in [-0.4, -0.2) is 30.1 Å². The fourth-order valence-corrected chi connectivity index (χ4v) is 3.13. The highest BCUT2D eigenvalue weighted by Gasteiger charge is 2.30. The van der Waals surface area contributed by atoms with E-state index in [9.17, 15) is 4.79 Å². The van der Waals surface area contributed by atoms with Crippen molar-refractivity contribution in [3.63, 3.8) is 0 Å². The highest BCUT2D eigenvalue weighted by atomic mass is 32.2. The van der Waals surface area contributed by atoms with E-state index < -0.39 is 0 Å². The molecule has 1 aliphatic heterocycles. The van der Waals surface area contributed by atoms with Crippen LogP contribution < -0.4 is 4.74 Å². The number of hydrogen-bond donors (Lipinski definition) is 0. The molecule has 3 rings (SSSR count). The first-order chi connectivity index (χ1) is 11.2. The van der Waals surface area contributed by atoms with Crippen LogP contribution in [0.25, 0.3) is 6.08 Å². The lowest BCUT2D eigenvalue weighted by Gasteiger charge is -2.06. The molecule has 5 heteroatoms. The molecule has 0 spiro atoms. The Morgan fingerprint density at radius 2 is 1.91 bits per heavy atom. The first-order valence-corrected chi connectivity index (χ1v) is 7.94. The van der Waals surface area contributed by atoms with Crippen LogP contribution in [0.4, 0.5) is 5.69 Å². The van der Waals surface area contributed by atoms with Crippen LogP contribution in [0.3, 0.4) is 0 Å². The van der Waals surface area contributed by atoms with E-state index in [1.54, 1.807) is 19.1 Å². The standard InChI is InChI=1S/C18H16N2O2S/c1-20-17(21)16(12-13-7-6-10-15(11-13)22-2)23-18(20)19-14-8-4-3-5-9-14/h3-12H,1-2H3/b16-12+,19-18?. The molecule has 2 aromatic rings. The highest BCUT2D eigenvalue weighted by Crippen LogP contribution is 2.33. The highest BCUT2D eigenvalue weighted by molar-refractivity contribution is 8.18. The maximum absolute atomic E-state index is 12.4. The van der Waals surface area contributed by atoms with Gasteiger partial charge in [-0.1, -0.05) is 30.3 Å². The monoisotopic (exact) mass is 324 g/mol.